The van der Waals surface area contributed by atoms with Gasteiger partial charge in [-0.2, -0.15) is 0 Å². The van der Waals surface area contributed by atoms with Crippen molar-refractivity contribution in [3.63, 3.8) is 0 Å². The van der Waals surface area contributed by atoms with Gasteiger partial charge in [0.1, 0.15) is 0 Å². The van der Waals surface area contributed by atoms with Crippen LogP contribution in [0.5, 0.6) is 0 Å². The van der Waals surface area contributed by atoms with E-state index in [1.54, 1.807) is 38.1 Å². The van der Waals surface area contributed by atoms with Crippen molar-refractivity contribution in [2.75, 3.05) is 24.8 Å². The van der Waals surface area contributed by atoms with Gasteiger partial charge in [-0.1, -0.05) is 49.2 Å². The minimum absolute atomic E-state index is 0.0000895. The zero-order chi connectivity index (χ0) is 25.6. The van der Waals surface area contributed by atoms with Gasteiger partial charge in [0.25, 0.3) is 0 Å². The number of rotatable bonds is 12. The second-order valence-electron chi connectivity index (χ2n) is 8.61. The highest BCUT2D eigenvalue weighted by molar-refractivity contribution is 9.11. The molecule has 1 aliphatic rings. The number of sulfone groups is 1. The second-order valence-corrected chi connectivity index (χ2v) is 15.0. The maximum Gasteiger partial charge on any atom is 0.336 e. The number of carbonyl (C=O) groups excluding carboxylic acids is 1. The molecule has 0 bridgehead atoms. The Morgan fingerprint density at radius 1 is 1.20 bits per heavy atom. The maximum atomic E-state index is 13.4. The number of aromatic nitrogens is 1. The van der Waals surface area contributed by atoms with Crippen LogP contribution >= 0.6 is 34.9 Å². The number of halogens is 1. The lowest BCUT2D eigenvalue weighted by Crippen LogP contribution is -2.23. The first kappa shape index (κ1) is 28.5. The van der Waals surface area contributed by atoms with E-state index in [0.29, 0.717) is 27.0 Å². The van der Waals surface area contributed by atoms with Crippen LogP contribution in [0.25, 0.3) is 0 Å². The van der Waals surface area contributed by atoms with Crippen molar-refractivity contribution in [3.8, 4) is 0 Å². The van der Waals surface area contributed by atoms with E-state index < -0.39 is 23.4 Å². The Morgan fingerprint density at radius 3 is 2.34 bits per heavy atom. The molecule has 0 radical (unpaired) electrons. The van der Waals surface area contributed by atoms with Gasteiger partial charge in [0.15, 0.2) is 15.0 Å². The van der Waals surface area contributed by atoms with Gasteiger partial charge in [0.05, 0.1) is 39.7 Å². The summed E-state index contributed by atoms with van der Waals surface area (Å²) >= 11 is 4.70. The Balaban J connectivity index is 1.81. The van der Waals surface area contributed by atoms with Crippen LogP contribution in [-0.4, -0.2) is 38.8 Å². The van der Waals surface area contributed by atoms with Crippen LogP contribution in [-0.2, 0) is 34.4 Å². The van der Waals surface area contributed by atoms with Crippen LogP contribution < -0.4 is 5.32 Å². The van der Waals surface area contributed by atoms with E-state index in [1.165, 1.54) is 17.6 Å². The van der Waals surface area contributed by atoms with Crippen molar-refractivity contribution in [2.45, 2.75) is 62.9 Å². The molecule has 0 spiro atoms. The molecule has 0 saturated heterocycles. The lowest BCUT2D eigenvalue weighted by Gasteiger charge is -2.20. The van der Waals surface area contributed by atoms with Crippen LogP contribution in [0.4, 0.5) is 5.13 Å². The van der Waals surface area contributed by atoms with Gasteiger partial charge in [-0.25, -0.2) is 13.4 Å². The van der Waals surface area contributed by atoms with Crippen molar-refractivity contribution < 1.29 is 26.8 Å². The number of nitrogens with one attached hydrogen (secondary N) is 1. The average molecular weight is 608 g/mol. The fourth-order valence-electron chi connectivity index (χ4n) is 4.30. The SMILES string of the molecule is CCOP(=O)(Cc1nc(NC(=O)[C@H](CC2CCCC2)c2ccc(S(C)(=O)=O)cc2)sc1Br)OCC. The van der Waals surface area contributed by atoms with Crippen molar-refractivity contribution in [2.24, 2.45) is 5.92 Å². The third-order valence-electron chi connectivity index (χ3n) is 5.95. The maximum absolute atomic E-state index is 13.4. The third-order valence-corrected chi connectivity index (χ3v) is 10.8. The topological polar surface area (TPSA) is 112 Å². The van der Waals surface area contributed by atoms with Crippen molar-refractivity contribution in [3.05, 3.63) is 39.3 Å². The zero-order valence-corrected chi connectivity index (χ0v) is 24.3. The number of carbonyl (C=O) groups is 1. The summed E-state index contributed by atoms with van der Waals surface area (Å²) in [6.45, 7) is 4.01. The van der Waals surface area contributed by atoms with E-state index in [0.717, 1.165) is 31.2 Å². The predicted octanol–water partition coefficient (Wildman–Crippen LogP) is 6.38. The van der Waals surface area contributed by atoms with E-state index >= 15 is 0 Å². The van der Waals surface area contributed by atoms with E-state index in [-0.39, 0.29) is 30.2 Å². The first-order valence-electron chi connectivity index (χ1n) is 11.7. The average Bonchev–Trinajstić information content (AvgIpc) is 3.41. The molecule has 1 fully saturated rings. The molecular formula is C23H32BrN2O6PS2. The smallest absolute Gasteiger partial charge is 0.309 e. The molecule has 194 valence electrons. The summed E-state index contributed by atoms with van der Waals surface area (Å²) in [5.74, 6) is -0.187. The van der Waals surface area contributed by atoms with Crippen LogP contribution in [0.3, 0.4) is 0 Å². The molecule has 1 aromatic heterocycles. The largest absolute Gasteiger partial charge is 0.336 e. The molecular weight excluding hydrogens is 575 g/mol. The Labute approximate surface area is 219 Å². The molecule has 0 unspecified atom stereocenters. The zero-order valence-electron chi connectivity index (χ0n) is 20.2. The number of hydrogen-bond donors (Lipinski definition) is 1. The minimum atomic E-state index is -3.34. The molecule has 1 N–H and O–H groups in total. The van der Waals surface area contributed by atoms with Gasteiger partial charge in [-0.05, 0) is 59.8 Å². The van der Waals surface area contributed by atoms with Crippen molar-refractivity contribution >= 4 is 55.7 Å². The minimum Gasteiger partial charge on any atom is -0.309 e. The quantitative estimate of drug-likeness (QED) is 0.279. The van der Waals surface area contributed by atoms with Gasteiger partial charge >= 0.3 is 7.60 Å². The number of hydrogen-bond acceptors (Lipinski definition) is 8. The highest BCUT2D eigenvalue weighted by atomic mass is 79.9. The molecule has 1 heterocycles. The van der Waals surface area contributed by atoms with E-state index in [4.69, 9.17) is 9.05 Å². The van der Waals surface area contributed by atoms with Gasteiger partial charge < -0.3 is 14.4 Å². The molecule has 0 aliphatic heterocycles. The van der Waals surface area contributed by atoms with Gasteiger partial charge in [-0.15, -0.1) is 0 Å². The molecule has 1 atom stereocenters. The molecule has 1 saturated carbocycles. The van der Waals surface area contributed by atoms with Gasteiger partial charge in [0.2, 0.25) is 5.91 Å². The number of thiazole rings is 1. The lowest BCUT2D eigenvalue weighted by molar-refractivity contribution is -0.118. The number of amides is 1. The number of benzene rings is 1. The first-order chi connectivity index (χ1) is 16.5. The summed E-state index contributed by atoms with van der Waals surface area (Å²) in [5.41, 5.74) is 1.27. The second kappa shape index (κ2) is 12.4. The summed E-state index contributed by atoms with van der Waals surface area (Å²) < 4.78 is 48.0. The summed E-state index contributed by atoms with van der Waals surface area (Å²) in [6.07, 6.45) is 6.35. The molecule has 35 heavy (non-hydrogen) atoms. The summed E-state index contributed by atoms with van der Waals surface area (Å²) in [5, 5.41) is 3.31. The van der Waals surface area contributed by atoms with E-state index in [1.807, 2.05) is 0 Å². The molecule has 2 aromatic rings. The monoisotopic (exact) mass is 606 g/mol. The number of nitrogens with zero attached hydrogens (tertiary/aromatic N) is 1. The van der Waals surface area contributed by atoms with Crippen LogP contribution in [0.1, 0.15) is 63.1 Å². The van der Waals surface area contributed by atoms with Crippen LogP contribution in [0.15, 0.2) is 32.9 Å². The van der Waals surface area contributed by atoms with E-state index in [9.17, 15) is 17.8 Å². The fourth-order valence-corrected chi connectivity index (χ4v) is 8.30. The Morgan fingerprint density at radius 2 is 1.80 bits per heavy atom. The van der Waals surface area contributed by atoms with Crippen LogP contribution in [0.2, 0.25) is 0 Å². The Hall–Kier alpha value is -1.10. The van der Waals surface area contributed by atoms with Crippen LogP contribution in [0, 0.1) is 5.92 Å². The van der Waals surface area contributed by atoms with Gasteiger partial charge in [0, 0.05) is 6.26 Å². The Bertz CT molecular complexity index is 1150. The first-order valence-corrected chi connectivity index (χ1v) is 16.9. The molecule has 1 aromatic carbocycles. The van der Waals surface area contributed by atoms with Crippen molar-refractivity contribution in [1.82, 2.24) is 4.98 Å². The fraction of sp³-hybridized carbons (Fsp3) is 0.565. The molecule has 1 amide bonds. The molecule has 3 rings (SSSR count). The molecule has 1 aliphatic carbocycles. The predicted molar refractivity (Wildman–Crippen MR) is 142 cm³/mol. The summed E-state index contributed by atoms with van der Waals surface area (Å²) in [7, 11) is -6.66. The lowest BCUT2D eigenvalue weighted by atomic mass is 9.87. The normalized spacial score (nSPS) is 15.9. The summed E-state index contributed by atoms with van der Waals surface area (Å²) in [6, 6.07) is 6.55. The Kier molecular flexibility index (Phi) is 10.1. The highest BCUT2D eigenvalue weighted by Crippen LogP contribution is 2.52. The van der Waals surface area contributed by atoms with E-state index in [2.05, 4.69) is 26.2 Å². The number of anilines is 1. The highest BCUT2D eigenvalue weighted by Gasteiger charge is 2.30. The molecule has 12 heteroatoms. The molecule has 8 nitrogen and oxygen atoms in total. The standard InChI is InChI=1S/C23H32BrN2O6PS2/c1-4-31-33(28,32-5-2)15-20-21(24)34-23(25-20)26-22(27)19(14-16-8-6-7-9-16)17-10-12-18(13-11-17)35(3,29)30/h10-13,16,19H,4-9,14-15H2,1-3H3,(H,25,26,27)/t19-/m1/s1. The summed E-state index contributed by atoms with van der Waals surface area (Å²) in [4.78, 5) is 18.1. The van der Waals surface area contributed by atoms with Crippen molar-refractivity contribution in [1.29, 1.82) is 0 Å². The van der Waals surface area contributed by atoms with Gasteiger partial charge in [-0.3, -0.25) is 9.36 Å². The third kappa shape index (κ3) is 7.94.